The van der Waals surface area contributed by atoms with E-state index in [0.717, 1.165) is 35.0 Å². The highest BCUT2D eigenvalue weighted by Gasteiger charge is 2.19. The van der Waals surface area contributed by atoms with Crippen molar-refractivity contribution in [3.8, 4) is 0 Å². The SMILES string of the molecule is Cc1cc(Br)ccc1NC(=O)CNC(=O)C1CC=CCC1. The van der Waals surface area contributed by atoms with Crippen molar-refractivity contribution < 1.29 is 9.59 Å². The van der Waals surface area contributed by atoms with Crippen molar-refractivity contribution in [1.29, 1.82) is 0 Å². The molecule has 0 bridgehead atoms. The number of hydrogen-bond donors (Lipinski definition) is 2. The molecule has 5 heteroatoms. The van der Waals surface area contributed by atoms with Gasteiger partial charge in [-0.25, -0.2) is 0 Å². The number of allylic oxidation sites excluding steroid dienone is 2. The lowest BCUT2D eigenvalue weighted by atomic mass is 9.94. The largest absolute Gasteiger partial charge is 0.347 e. The molecule has 21 heavy (non-hydrogen) atoms. The van der Waals surface area contributed by atoms with E-state index in [0.29, 0.717) is 0 Å². The Bertz CT molecular complexity index is 569. The van der Waals surface area contributed by atoms with Gasteiger partial charge in [-0.1, -0.05) is 28.1 Å². The van der Waals surface area contributed by atoms with Gasteiger partial charge in [0.25, 0.3) is 0 Å². The molecule has 2 amide bonds. The Morgan fingerprint density at radius 2 is 2.14 bits per heavy atom. The molecule has 1 aromatic rings. The molecule has 0 saturated carbocycles. The van der Waals surface area contributed by atoms with Crippen LogP contribution in [0.25, 0.3) is 0 Å². The van der Waals surface area contributed by atoms with Gasteiger partial charge in [0.1, 0.15) is 0 Å². The Morgan fingerprint density at radius 1 is 1.33 bits per heavy atom. The van der Waals surface area contributed by atoms with Crippen molar-refractivity contribution in [2.24, 2.45) is 5.92 Å². The van der Waals surface area contributed by atoms with Gasteiger partial charge in [-0.2, -0.15) is 0 Å². The van der Waals surface area contributed by atoms with Gasteiger partial charge in [0, 0.05) is 16.1 Å². The second kappa shape index (κ2) is 7.41. The molecule has 0 heterocycles. The number of rotatable bonds is 4. The molecular weight excluding hydrogens is 332 g/mol. The minimum atomic E-state index is -0.208. The fourth-order valence-electron chi connectivity index (χ4n) is 2.31. The number of amides is 2. The van der Waals surface area contributed by atoms with Gasteiger partial charge in [-0.15, -0.1) is 0 Å². The summed E-state index contributed by atoms with van der Waals surface area (Å²) >= 11 is 3.38. The highest BCUT2D eigenvalue weighted by molar-refractivity contribution is 9.10. The number of aryl methyl sites for hydroxylation is 1. The van der Waals surface area contributed by atoms with Crippen molar-refractivity contribution in [2.45, 2.75) is 26.2 Å². The summed E-state index contributed by atoms with van der Waals surface area (Å²) in [5.74, 6) is -0.251. The van der Waals surface area contributed by atoms with E-state index in [1.54, 1.807) is 0 Å². The van der Waals surface area contributed by atoms with E-state index >= 15 is 0 Å². The first-order valence-corrected chi connectivity index (χ1v) is 7.84. The van der Waals surface area contributed by atoms with E-state index in [2.05, 4.69) is 32.6 Å². The lowest BCUT2D eigenvalue weighted by Gasteiger charge is -2.17. The average Bonchev–Trinajstić information content (AvgIpc) is 2.48. The fraction of sp³-hybridized carbons (Fsp3) is 0.375. The van der Waals surface area contributed by atoms with Crippen LogP contribution in [0.1, 0.15) is 24.8 Å². The Morgan fingerprint density at radius 3 is 2.81 bits per heavy atom. The van der Waals surface area contributed by atoms with Crippen LogP contribution >= 0.6 is 15.9 Å². The van der Waals surface area contributed by atoms with Crippen molar-refractivity contribution in [3.05, 3.63) is 40.4 Å². The van der Waals surface area contributed by atoms with Crippen LogP contribution in [0.2, 0.25) is 0 Å². The first kappa shape index (κ1) is 15.8. The quantitative estimate of drug-likeness (QED) is 0.819. The molecule has 0 fully saturated rings. The van der Waals surface area contributed by atoms with Crippen LogP contribution < -0.4 is 10.6 Å². The molecule has 0 aliphatic heterocycles. The number of halogens is 1. The lowest BCUT2D eigenvalue weighted by Crippen LogP contribution is -2.37. The molecule has 1 aliphatic carbocycles. The lowest BCUT2D eigenvalue weighted by molar-refractivity contribution is -0.127. The summed E-state index contributed by atoms with van der Waals surface area (Å²) in [5, 5.41) is 5.52. The van der Waals surface area contributed by atoms with Crippen LogP contribution in [0, 0.1) is 12.8 Å². The predicted octanol–water partition coefficient (Wildman–Crippen LogP) is 3.17. The van der Waals surface area contributed by atoms with Crippen LogP contribution in [0.4, 0.5) is 5.69 Å². The molecule has 1 atom stereocenters. The molecule has 1 aromatic carbocycles. The minimum absolute atomic E-state index is 0.00258. The Balaban J connectivity index is 1.81. The predicted molar refractivity (Wildman–Crippen MR) is 87.0 cm³/mol. The third-order valence-electron chi connectivity index (χ3n) is 3.53. The molecule has 1 aliphatic rings. The zero-order valence-electron chi connectivity index (χ0n) is 12.0. The molecule has 4 nitrogen and oxygen atoms in total. The number of hydrogen-bond acceptors (Lipinski definition) is 2. The summed E-state index contributed by atoms with van der Waals surface area (Å²) in [6.07, 6.45) is 6.67. The van der Waals surface area contributed by atoms with Crippen LogP contribution in [0.15, 0.2) is 34.8 Å². The first-order chi connectivity index (χ1) is 10.1. The maximum atomic E-state index is 11.9. The van der Waals surface area contributed by atoms with Crippen molar-refractivity contribution in [1.82, 2.24) is 5.32 Å². The number of anilines is 1. The zero-order chi connectivity index (χ0) is 15.2. The van der Waals surface area contributed by atoms with E-state index in [1.807, 2.05) is 31.2 Å². The van der Waals surface area contributed by atoms with Crippen LogP contribution in [-0.2, 0) is 9.59 Å². The van der Waals surface area contributed by atoms with E-state index in [-0.39, 0.29) is 24.3 Å². The molecule has 0 spiro atoms. The summed E-state index contributed by atoms with van der Waals surface area (Å²) in [6.45, 7) is 1.93. The number of benzene rings is 1. The third-order valence-corrected chi connectivity index (χ3v) is 4.02. The molecular formula is C16H19BrN2O2. The van der Waals surface area contributed by atoms with E-state index in [1.165, 1.54) is 0 Å². The smallest absolute Gasteiger partial charge is 0.243 e. The molecule has 112 valence electrons. The molecule has 1 unspecified atom stereocenters. The average molecular weight is 351 g/mol. The molecule has 2 N–H and O–H groups in total. The molecule has 0 saturated heterocycles. The monoisotopic (exact) mass is 350 g/mol. The maximum absolute atomic E-state index is 11.9. The first-order valence-electron chi connectivity index (χ1n) is 7.05. The summed E-state index contributed by atoms with van der Waals surface area (Å²) in [4.78, 5) is 23.8. The summed E-state index contributed by atoms with van der Waals surface area (Å²) in [6, 6.07) is 5.64. The van der Waals surface area contributed by atoms with Crippen LogP contribution in [0.5, 0.6) is 0 Å². The minimum Gasteiger partial charge on any atom is -0.347 e. The number of nitrogens with one attached hydrogen (secondary N) is 2. The van der Waals surface area contributed by atoms with Crippen molar-refractivity contribution in [2.75, 3.05) is 11.9 Å². The standard InChI is InChI=1S/C16H19BrN2O2/c1-11-9-13(17)7-8-14(11)19-15(20)10-18-16(21)12-5-3-2-4-6-12/h2-3,7-9,12H,4-6,10H2,1H3,(H,18,21)(H,19,20). The highest BCUT2D eigenvalue weighted by Crippen LogP contribution is 2.20. The summed E-state index contributed by atoms with van der Waals surface area (Å²) < 4.78 is 0.969. The number of carbonyl (C=O) groups is 2. The van der Waals surface area contributed by atoms with E-state index in [4.69, 9.17) is 0 Å². The Hall–Kier alpha value is -1.62. The zero-order valence-corrected chi connectivity index (χ0v) is 13.6. The second-order valence-corrected chi connectivity index (χ2v) is 6.12. The highest BCUT2D eigenvalue weighted by atomic mass is 79.9. The molecule has 0 aromatic heterocycles. The van der Waals surface area contributed by atoms with Crippen molar-refractivity contribution in [3.63, 3.8) is 0 Å². The number of carbonyl (C=O) groups excluding carboxylic acids is 2. The van der Waals surface area contributed by atoms with Gasteiger partial charge in [0.2, 0.25) is 11.8 Å². The summed E-state index contributed by atoms with van der Waals surface area (Å²) in [7, 11) is 0. The van der Waals surface area contributed by atoms with Gasteiger partial charge in [0.05, 0.1) is 6.54 Å². The van der Waals surface area contributed by atoms with Crippen LogP contribution in [0.3, 0.4) is 0 Å². The van der Waals surface area contributed by atoms with Gasteiger partial charge < -0.3 is 10.6 Å². The maximum Gasteiger partial charge on any atom is 0.243 e. The normalized spacial score (nSPS) is 17.3. The van der Waals surface area contributed by atoms with Gasteiger partial charge in [-0.05, 0) is 49.9 Å². The second-order valence-electron chi connectivity index (χ2n) is 5.21. The van der Waals surface area contributed by atoms with Gasteiger partial charge in [-0.3, -0.25) is 9.59 Å². The summed E-state index contributed by atoms with van der Waals surface area (Å²) in [5.41, 5.74) is 1.74. The molecule has 0 radical (unpaired) electrons. The topological polar surface area (TPSA) is 58.2 Å². The molecule has 2 rings (SSSR count). The van der Waals surface area contributed by atoms with E-state index < -0.39 is 0 Å². The fourth-order valence-corrected chi connectivity index (χ4v) is 2.78. The van der Waals surface area contributed by atoms with Gasteiger partial charge >= 0.3 is 0 Å². The Labute approximate surface area is 133 Å². The van der Waals surface area contributed by atoms with Crippen LogP contribution in [-0.4, -0.2) is 18.4 Å². The Kier molecular flexibility index (Phi) is 5.56. The van der Waals surface area contributed by atoms with Crippen molar-refractivity contribution >= 4 is 33.4 Å². The third kappa shape index (κ3) is 4.70. The van der Waals surface area contributed by atoms with Gasteiger partial charge in [0.15, 0.2) is 0 Å². The van der Waals surface area contributed by atoms with E-state index in [9.17, 15) is 9.59 Å².